The minimum absolute atomic E-state index is 0.0641. The van der Waals surface area contributed by atoms with Crippen molar-refractivity contribution in [3.8, 4) is 0 Å². The molecule has 0 saturated carbocycles. The van der Waals surface area contributed by atoms with Crippen molar-refractivity contribution in [2.45, 2.75) is 231 Å². The topological polar surface area (TPSA) is 166 Å². The minimum Gasteiger partial charge on any atom is -0.462 e. The fourth-order valence-electron chi connectivity index (χ4n) is 6.72. The summed E-state index contributed by atoms with van der Waals surface area (Å²) in [5.74, 6) is -0.944. The average Bonchev–Trinajstić information content (AvgIpc) is 3.25. The van der Waals surface area contributed by atoms with E-state index in [0.29, 0.717) is 25.8 Å². The Morgan fingerprint density at radius 2 is 1.00 bits per heavy atom. The highest BCUT2D eigenvalue weighted by atomic mass is 31.2. The number of carbonyl (C=O) groups is 3. The van der Waals surface area contributed by atoms with Gasteiger partial charge >= 0.3 is 19.8 Å². The van der Waals surface area contributed by atoms with E-state index in [-0.39, 0.29) is 57.3 Å². The predicted octanol–water partition coefficient (Wildman–Crippen LogP) is 12.7. The Morgan fingerprint density at radius 1 is 0.550 bits per heavy atom. The van der Waals surface area contributed by atoms with Crippen molar-refractivity contribution in [1.82, 2.24) is 0 Å². The fourth-order valence-corrected chi connectivity index (χ4v) is 7.71. The maximum absolute atomic E-state index is 13.2. The first kappa shape index (κ1) is 58.1. The van der Waals surface area contributed by atoms with E-state index in [4.69, 9.17) is 34.5 Å². The zero-order chi connectivity index (χ0) is 44.2. The van der Waals surface area contributed by atoms with Gasteiger partial charge in [-0.2, -0.15) is 0 Å². The van der Waals surface area contributed by atoms with Crippen LogP contribution in [0.25, 0.3) is 0 Å². The van der Waals surface area contributed by atoms with Crippen molar-refractivity contribution >= 4 is 25.5 Å². The highest BCUT2D eigenvalue weighted by Crippen LogP contribution is 2.48. The molecule has 352 valence electrons. The zero-order valence-corrected chi connectivity index (χ0v) is 39.6. The molecule has 0 aromatic rings. The van der Waals surface area contributed by atoms with E-state index in [1.54, 1.807) is 0 Å². The van der Waals surface area contributed by atoms with Gasteiger partial charge in [0.15, 0.2) is 6.10 Å². The summed E-state index contributed by atoms with van der Waals surface area (Å²) in [6.07, 6.45) is 40.6. The number of ether oxygens (including phenoxy) is 2. The van der Waals surface area contributed by atoms with E-state index in [0.717, 1.165) is 70.6 Å². The molecule has 0 bridgehead atoms. The molecule has 0 aliphatic heterocycles. The average molecular weight is 871 g/mol. The van der Waals surface area contributed by atoms with E-state index >= 15 is 0 Å². The standard InChI is InChI=1S/C48H91N2O9P/c1-4-6-8-10-12-14-16-18-20-22-24-26-28-30-32-38-47(52)56-42-44(43-58-60(54,55-3)57-41-35-37-46(51)45(50)36-34-40-49)59-48(53)39-33-31-29-27-25-23-21-19-17-15-13-11-9-7-5-2/h18-21,44-45H,4-17,22-43,49-50H2,1-3H3/b20-18-,21-19-. The largest absolute Gasteiger partial charge is 0.474 e. The van der Waals surface area contributed by atoms with Gasteiger partial charge in [-0.05, 0) is 90.0 Å². The van der Waals surface area contributed by atoms with E-state index in [1.165, 1.54) is 97.0 Å². The van der Waals surface area contributed by atoms with Crippen LogP contribution in [0.1, 0.15) is 219 Å². The molecular formula is C48H91N2O9P. The van der Waals surface area contributed by atoms with Gasteiger partial charge in [0.25, 0.3) is 0 Å². The number of rotatable bonds is 46. The number of hydrogen-bond acceptors (Lipinski definition) is 11. The summed E-state index contributed by atoms with van der Waals surface area (Å²) in [4.78, 5) is 37.7. The smallest absolute Gasteiger partial charge is 0.462 e. The van der Waals surface area contributed by atoms with E-state index in [1.807, 2.05) is 0 Å². The van der Waals surface area contributed by atoms with Gasteiger partial charge in [-0.25, -0.2) is 4.57 Å². The number of hydrogen-bond donors (Lipinski definition) is 2. The first-order valence-electron chi connectivity index (χ1n) is 24.3. The number of carbonyl (C=O) groups excluding carboxylic acids is 3. The second-order valence-corrected chi connectivity index (χ2v) is 18.1. The monoisotopic (exact) mass is 871 g/mol. The summed E-state index contributed by atoms with van der Waals surface area (Å²) in [6, 6.07) is -0.596. The van der Waals surface area contributed by atoms with Crippen LogP contribution in [0.4, 0.5) is 0 Å². The van der Waals surface area contributed by atoms with Crippen molar-refractivity contribution in [2.24, 2.45) is 11.5 Å². The summed E-state index contributed by atoms with van der Waals surface area (Å²) < 4.78 is 40.3. The zero-order valence-electron chi connectivity index (χ0n) is 38.7. The lowest BCUT2D eigenvalue weighted by Gasteiger charge is -2.21. The highest BCUT2D eigenvalue weighted by molar-refractivity contribution is 7.48. The highest BCUT2D eigenvalue weighted by Gasteiger charge is 2.29. The SMILES string of the molecule is CCCCCCCC/C=C\CCCCCCCC(=O)OCC(COP(=O)(OC)OCCCC(=O)C(N)CCCN)OC(=O)CCCCCCC/C=C\CCCCCCCC. The Morgan fingerprint density at radius 3 is 1.47 bits per heavy atom. The molecule has 0 aromatic heterocycles. The maximum Gasteiger partial charge on any atom is 0.474 e. The van der Waals surface area contributed by atoms with E-state index in [9.17, 15) is 18.9 Å². The summed E-state index contributed by atoms with van der Waals surface area (Å²) in [5.41, 5.74) is 11.4. The van der Waals surface area contributed by atoms with Crippen LogP contribution >= 0.6 is 7.82 Å². The summed E-state index contributed by atoms with van der Waals surface area (Å²) in [7, 11) is -2.86. The molecule has 0 aromatic carbocycles. The third kappa shape index (κ3) is 39.0. The third-order valence-electron chi connectivity index (χ3n) is 10.6. The van der Waals surface area contributed by atoms with Crippen molar-refractivity contribution in [3.05, 3.63) is 24.3 Å². The number of Topliss-reactive ketones (excluding diaryl/α,β-unsaturated/α-hetero) is 1. The summed E-state index contributed by atoms with van der Waals surface area (Å²) in [5, 5.41) is 0. The third-order valence-corrected chi connectivity index (χ3v) is 12.0. The van der Waals surface area contributed by atoms with Crippen molar-refractivity contribution in [1.29, 1.82) is 0 Å². The number of esters is 2. The second-order valence-electron chi connectivity index (χ2n) is 16.3. The van der Waals surface area contributed by atoms with Gasteiger partial charge in [-0.3, -0.25) is 28.0 Å². The van der Waals surface area contributed by atoms with Gasteiger partial charge in [0.2, 0.25) is 0 Å². The van der Waals surface area contributed by atoms with Crippen LogP contribution in [-0.2, 0) is 42.0 Å². The fraction of sp³-hybridized carbons (Fsp3) is 0.854. The Balaban J connectivity index is 4.66. The van der Waals surface area contributed by atoms with Crippen LogP contribution in [0.3, 0.4) is 0 Å². The molecular weight excluding hydrogens is 780 g/mol. The van der Waals surface area contributed by atoms with Crippen LogP contribution < -0.4 is 11.5 Å². The number of nitrogens with two attached hydrogens (primary N) is 2. The van der Waals surface area contributed by atoms with Crippen LogP contribution in [0.15, 0.2) is 24.3 Å². The maximum atomic E-state index is 13.2. The molecule has 0 radical (unpaired) electrons. The molecule has 0 spiro atoms. The van der Waals surface area contributed by atoms with Gasteiger partial charge in [0.1, 0.15) is 12.4 Å². The van der Waals surface area contributed by atoms with Crippen LogP contribution in [0.5, 0.6) is 0 Å². The number of phosphoric ester groups is 1. The lowest BCUT2D eigenvalue weighted by atomic mass is 10.0. The Hall–Kier alpha value is -1.88. The van der Waals surface area contributed by atoms with Crippen molar-refractivity contribution in [3.63, 3.8) is 0 Å². The Labute approximate surface area is 367 Å². The Kier molecular flexibility index (Phi) is 42.4. The van der Waals surface area contributed by atoms with Crippen LogP contribution in [0.2, 0.25) is 0 Å². The van der Waals surface area contributed by atoms with E-state index < -0.39 is 25.9 Å². The first-order chi connectivity index (χ1) is 29.2. The second kappa shape index (κ2) is 43.8. The lowest BCUT2D eigenvalue weighted by molar-refractivity contribution is -0.161. The molecule has 12 heteroatoms. The lowest BCUT2D eigenvalue weighted by Crippen LogP contribution is -2.31. The summed E-state index contributed by atoms with van der Waals surface area (Å²) in [6.45, 7) is 4.30. The van der Waals surface area contributed by atoms with Crippen LogP contribution in [0, 0.1) is 0 Å². The molecule has 0 saturated heterocycles. The quantitative estimate of drug-likeness (QED) is 0.0259. The minimum atomic E-state index is -4.05. The van der Waals surface area contributed by atoms with Gasteiger partial charge in [-0.15, -0.1) is 0 Å². The van der Waals surface area contributed by atoms with Gasteiger partial charge in [0, 0.05) is 26.4 Å². The molecule has 0 aliphatic carbocycles. The molecule has 0 aliphatic rings. The molecule has 3 atom stereocenters. The number of allylic oxidation sites excluding steroid dienone is 4. The molecule has 0 amide bonds. The van der Waals surface area contributed by atoms with Gasteiger partial charge in [0.05, 0.1) is 19.3 Å². The van der Waals surface area contributed by atoms with Crippen molar-refractivity contribution < 1.29 is 42.0 Å². The predicted molar refractivity (Wildman–Crippen MR) is 247 cm³/mol. The Bertz CT molecular complexity index is 1120. The molecule has 0 heterocycles. The van der Waals surface area contributed by atoms with Gasteiger partial charge in [-0.1, -0.05) is 141 Å². The molecule has 0 rings (SSSR count). The van der Waals surface area contributed by atoms with E-state index in [2.05, 4.69) is 38.2 Å². The van der Waals surface area contributed by atoms with Gasteiger partial charge < -0.3 is 20.9 Å². The normalized spacial score (nSPS) is 13.8. The van der Waals surface area contributed by atoms with Crippen molar-refractivity contribution in [2.75, 3.05) is 33.5 Å². The summed E-state index contributed by atoms with van der Waals surface area (Å²) >= 11 is 0. The van der Waals surface area contributed by atoms with Crippen LogP contribution in [-0.4, -0.2) is 63.3 Å². The number of phosphoric acid groups is 1. The first-order valence-corrected chi connectivity index (χ1v) is 25.8. The molecule has 3 unspecified atom stereocenters. The number of ketones is 1. The molecule has 0 fully saturated rings. The molecule has 11 nitrogen and oxygen atoms in total. The molecule has 4 N–H and O–H groups in total. The molecule has 60 heavy (non-hydrogen) atoms. The number of unbranched alkanes of at least 4 members (excludes halogenated alkanes) is 22.